The van der Waals surface area contributed by atoms with E-state index in [4.69, 9.17) is 16.9 Å². The summed E-state index contributed by atoms with van der Waals surface area (Å²) in [6.07, 6.45) is 0.475. The van der Waals surface area contributed by atoms with Gasteiger partial charge in [-0.1, -0.05) is 11.6 Å². The van der Waals surface area contributed by atoms with Crippen LogP contribution in [-0.4, -0.2) is 22.8 Å². The molecule has 0 atom stereocenters. The average molecular weight is 225 g/mol. The number of rotatable bonds is 4. The molecule has 0 aromatic carbocycles. The second-order valence-corrected chi connectivity index (χ2v) is 3.80. The smallest absolute Gasteiger partial charge is 0.151 e. The second kappa shape index (κ2) is 5.52. The molecule has 15 heavy (non-hydrogen) atoms. The van der Waals surface area contributed by atoms with Gasteiger partial charge in [0.2, 0.25) is 0 Å². The molecule has 0 saturated heterocycles. The number of nitriles is 1. The molecule has 0 spiro atoms. The van der Waals surface area contributed by atoms with Crippen LogP contribution in [0, 0.1) is 11.3 Å². The van der Waals surface area contributed by atoms with Crippen LogP contribution in [0.4, 0.5) is 5.82 Å². The number of hydrogen-bond acceptors (Lipinski definition) is 4. The van der Waals surface area contributed by atoms with Crippen LogP contribution in [-0.2, 0) is 0 Å². The lowest BCUT2D eigenvalue weighted by atomic mass is 10.3. The third-order valence-electron chi connectivity index (χ3n) is 2.00. The molecule has 0 bridgehead atoms. The first-order valence-corrected chi connectivity index (χ1v) is 5.15. The molecule has 0 aliphatic rings. The van der Waals surface area contributed by atoms with Gasteiger partial charge in [-0.25, -0.2) is 0 Å². The monoisotopic (exact) mass is 224 g/mol. The van der Waals surface area contributed by atoms with Crippen molar-refractivity contribution in [3.05, 3.63) is 17.3 Å². The fourth-order valence-electron chi connectivity index (χ4n) is 1.27. The molecule has 5 heteroatoms. The molecule has 0 aliphatic carbocycles. The quantitative estimate of drug-likeness (QED) is 0.787. The highest BCUT2D eigenvalue weighted by Gasteiger charge is 2.11. The molecule has 0 saturated carbocycles. The fraction of sp³-hybridized carbons (Fsp3) is 0.500. The van der Waals surface area contributed by atoms with Crippen LogP contribution >= 0.6 is 11.6 Å². The standard InChI is InChI=1S/C10H13ClN4/c1-8(2)15(7-3-6-12)10-5-4-9(11)13-14-10/h4-5,8H,3,7H2,1-2H3. The number of aromatic nitrogens is 2. The largest absolute Gasteiger partial charge is 0.352 e. The average Bonchev–Trinajstić information content (AvgIpc) is 2.21. The Morgan fingerprint density at radius 1 is 1.47 bits per heavy atom. The predicted octanol–water partition coefficient (Wildman–Crippen LogP) is 2.26. The minimum atomic E-state index is 0.286. The normalized spacial score (nSPS) is 10.1. The molecule has 4 nitrogen and oxygen atoms in total. The summed E-state index contributed by atoms with van der Waals surface area (Å²) in [5.74, 6) is 0.754. The number of anilines is 1. The molecule has 0 N–H and O–H groups in total. The van der Waals surface area contributed by atoms with Gasteiger partial charge in [-0.15, -0.1) is 10.2 Å². The lowest BCUT2D eigenvalue weighted by Crippen LogP contribution is -2.32. The van der Waals surface area contributed by atoms with Gasteiger partial charge in [-0.3, -0.25) is 0 Å². The minimum absolute atomic E-state index is 0.286. The molecule has 0 aliphatic heterocycles. The maximum Gasteiger partial charge on any atom is 0.151 e. The third kappa shape index (κ3) is 3.37. The van der Waals surface area contributed by atoms with Crippen molar-refractivity contribution in [1.82, 2.24) is 10.2 Å². The lowest BCUT2D eigenvalue weighted by molar-refractivity contribution is 0.670. The summed E-state index contributed by atoms with van der Waals surface area (Å²) >= 11 is 5.66. The molecule has 1 aromatic heterocycles. The summed E-state index contributed by atoms with van der Waals surface area (Å²) in [5, 5.41) is 16.7. The van der Waals surface area contributed by atoms with Crippen LogP contribution in [0.1, 0.15) is 20.3 Å². The van der Waals surface area contributed by atoms with Crippen molar-refractivity contribution in [2.24, 2.45) is 0 Å². The molecule has 80 valence electrons. The molecule has 0 radical (unpaired) electrons. The van der Waals surface area contributed by atoms with Gasteiger partial charge in [0.25, 0.3) is 0 Å². The van der Waals surface area contributed by atoms with Crippen LogP contribution < -0.4 is 4.90 Å². The Kier molecular flexibility index (Phi) is 4.32. The molecule has 1 heterocycles. The number of nitrogens with zero attached hydrogens (tertiary/aromatic N) is 4. The lowest BCUT2D eigenvalue weighted by Gasteiger charge is -2.26. The Balaban J connectivity index is 2.80. The van der Waals surface area contributed by atoms with E-state index in [-0.39, 0.29) is 6.04 Å². The van der Waals surface area contributed by atoms with Gasteiger partial charge < -0.3 is 4.90 Å². The van der Waals surface area contributed by atoms with Crippen molar-refractivity contribution in [2.45, 2.75) is 26.3 Å². The molecule has 0 amide bonds. The van der Waals surface area contributed by atoms with Gasteiger partial charge in [0.05, 0.1) is 12.5 Å². The Labute approximate surface area is 94.5 Å². The van der Waals surface area contributed by atoms with E-state index in [0.717, 1.165) is 5.82 Å². The molecule has 1 aromatic rings. The zero-order valence-corrected chi connectivity index (χ0v) is 9.57. The first-order chi connectivity index (χ1) is 7.15. The summed E-state index contributed by atoms with van der Waals surface area (Å²) in [6.45, 7) is 4.76. The van der Waals surface area contributed by atoms with E-state index >= 15 is 0 Å². The zero-order chi connectivity index (χ0) is 11.3. The van der Waals surface area contributed by atoms with Crippen molar-refractivity contribution < 1.29 is 0 Å². The van der Waals surface area contributed by atoms with Gasteiger partial charge in [0, 0.05) is 12.6 Å². The number of halogens is 1. The van der Waals surface area contributed by atoms with Crippen molar-refractivity contribution in [1.29, 1.82) is 5.26 Å². The van der Waals surface area contributed by atoms with Crippen molar-refractivity contribution in [2.75, 3.05) is 11.4 Å². The summed E-state index contributed by atoms with van der Waals surface area (Å²) < 4.78 is 0. The second-order valence-electron chi connectivity index (χ2n) is 3.41. The molecule has 0 unspecified atom stereocenters. The Morgan fingerprint density at radius 2 is 2.20 bits per heavy atom. The first kappa shape index (κ1) is 11.7. The van der Waals surface area contributed by atoms with Crippen LogP contribution in [0.3, 0.4) is 0 Å². The van der Waals surface area contributed by atoms with E-state index < -0.39 is 0 Å². The molecular weight excluding hydrogens is 212 g/mol. The van der Waals surface area contributed by atoms with Gasteiger partial charge in [-0.05, 0) is 26.0 Å². The Morgan fingerprint density at radius 3 is 2.67 bits per heavy atom. The highest BCUT2D eigenvalue weighted by atomic mass is 35.5. The Bertz CT molecular complexity index is 341. The van der Waals surface area contributed by atoms with E-state index in [2.05, 4.69) is 16.3 Å². The number of hydrogen-bond donors (Lipinski definition) is 0. The predicted molar refractivity (Wildman–Crippen MR) is 59.8 cm³/mol. The summed E-state index contributed by atoms with van der Waals surface area (Å²) in [5.41, 5.74) is 0. The molecule has 1 rings (SSSR count). The topological polar surface area (TPSA) is 52.8 Å². The van der Waals surface area contributed by atoms with Crippen LogP contribution in [0.25, 0.3) is 0 Å². The highest BCUT2D eigenvalue weighted by molar-refractivity contribution is 6.29. The van der Waals surface area contributed by atoms with Gasteiger partial charge in [-0.2, -0.15) is 5.26 Å². The van der Waals surface area contributed by atoms with Crippen LogP contribution in [0.2, 0.25) is 5.15 Å². The van der Waals surface area contributed by atoms with Crippen LogP contribution in [0.15, 0.2) is 12.1 Å². The SMILES string of the molecule is CC(C)N(CCC#N)c1ccc(Cl)nn1. The van der Waals surface area contributed by atoms with E-state index in [9.17, 15) is 0 Å². The van der Waals surface area contributed by atoms with Gasteiger partial charge >= 0.3 is 0 Å². The molecule has 0 fully saturated rings. The fourth-order valence-corrected chi connectivity index (χ4v) is 1.37. The summed E-state index contributed by atoms with van der Waals surface area (Å²) in [4.78, 5) is 2.02. The zero-order valence-electron chi connectivity index (χ0n) is 8.81. The van der Waals surface area contributed by atoms with E-state index in [1.54, 1.807) is 6.07 Å². The summed E-state index contributed by atoms with van der Waals surface area (Å²) in [6, 6.07) is 5.92. The van der Waals surface area contributed by atoms with Gasteiger partial charge in [0.15, 0.2) is 11.0 Å². The summed E-state index contributed by atoms with van der Waals surface area (Å²) in [7, 11) is 0. The van der Waals surface area contributed by atoms with Crippen molar-refractivity contribution >= 4 is 17.4 Å². The first-order valence-electron chi connectivity index (χ1n) is 4.78. The maximum atomic E-state index is 8.55. The highest BCUT2D eigenvalue weighted by Crippen LogP contribution is 2.14. The Hall–Kier alpha value is -1.34. The van der Waals surface area contributed by atoms with Crippen molar-refractivity contribution in [3.63, 3.8) is 0 Å². The molecular formula is C10H13ClN4. The van der Waals surface area contributed by atoms with E-state index in [0.29, 0.717) is 18.1 Å². The minimum Gasteiger partial charge on any atom is -0.352 e. The van der Waals surface area contributed by atoms with Crippen LogP contribution in [0.5, 0.6) is 0 Å². The van der Waals surface area contributed by atoms with E-state index in [1.165, 1.54) is 0 Å². The van der Waals surface area contributed by atoms with E-state index in [1.807, 2.05) is 24.8 Å². The van der Waals surface area contributed by atoms with Gasteiger partial charge in [0.1, 0.15) is 0 Å². The van der Waals surface area contributed by atoms with Crippen molar-refractivity contribution in [3.8, 4) is 6.07 Å². The maximum absolute atomic E-state index is 8.55. The third-order valence-corrected chi connectivity index (χ3v) is 2.20.